The fraction of sp³-hybridized carbons (Fsp3) is 0.462. The van der Waals surface area contributed by atoms with E-state index in [1.807, 2.05) is 6.07 Å². The quantitative estimate of drug-likeness (QED) is 0.607. The number of hydrogen-bond acceptors (Lipinski definition) is 2. The van der Waals surface area contributed by atoms with Crippen molar-refractivity contribution < 1.29 is 10.0 Å². The van der Waals surface area contributed by atoms with E-state index >= 15 is 0 Å². The van der Waals surface area contributed by atoms with Gasteiger partial charge in [-0.05, 0) is 30.7 Å². The van der Waals surface area contributed by atoms with Gasteiger partial charge in [0.2, 0.25) is 0 Å². The first-order chi connectivity index (χ1) is 8.29. The molecule has 0 aliphatic carbocycles. The topological polar surface area (TPSA) is 52.6 Å². The van der Waals surface area contributed by atoms with Gasteiger partial charge in [0.15, 0.2) is 0 Å². The minimum atomic E-state index is -0.386. The number of carbonyl (C=O) groups excluding carboxylic acids is 1. The highest BCUT2D eigenvalue weighted by Crippen LogP contribution is 2.21. The van der Waals surface area contributed by atoms with Crippen LogP contribution in [0, 0.1) is 5.92 Å². The second-order valence-electron chi connectivity index (χ2n) is 4.54. The number of nitrogens with one attached hydrogen (secondary N) is 1. The lowest BCUT2D eigenvalue weighted by Gasteiger charge is -2.31. The monoisotopic (exact) mass is 234 g/mol. The lowest BCUT2D eigenvalue weighted by Crippen LogP contribution is -2.43. The summed E-state index contributed by atoms with van der Waals surface area (Å²) in [6.45, 7) is 1.45. The van der Waals surface area contributed by atoms with E-state index in [0.717, 1.165) is 32.4 Å². The average molecular weight is 234 g/mol. The summed E-state index contributed by atoms with van der Waals surface area (Å²) in [5, 5.41) is 8.55. The van der Waals surface area contributed by atoms with Crippen molar-refractivity contribution in [1.82, 2.24) is 10.4 Å². The maximum atomic E-state index is 11.2. The highest BCUT2D eigenvalue weighted by molar-refractivity contribution is 5.72. The average Bonchev–Trinajstić information content (AvgIpc) is 2.40. The third-order valence-electron chi connectivity index (χ3n) is 3.36. The van der Waals surface area contributed by atoms with Crippen LogP contribution >= 0.6 is 0 Å². The molecule has 1 aliphatic rings. The second-order valence-corrected chi connectivity index (χ2v) is 4.54. The molecule has 0 bridgehead atoms. The van der Waals surface area contributed by atoms with Crippen LogP contribution in [0.3, 0.4) is 0 Å². The number of urea groups is 1. The van der Waals surface area contributed by atoms with Gasteiger partial charge in [-0.1, -0.05) is 30.3 Å². The molecule has 0 aromatic heterocycles. The SMILES string of the molecule is O=C(NO)N1CCC(Cc2ccccc2)CC1. The Kier molecular flexibility index (Phi) is 3.98. The van der Waals surface area contributed by atoms with Crippen molar-refractivity contribution >= 4 is 6.03 Å². The summed E-state index contributed by atoms with van der Waals surface area (Å²) >= 11 is 0. The highest BCUT2D eigenvalue weighted by Gasteiger charge is 2.22. The summed E-state index contributed by atoms with van der Waals surface area (Å²) in [5.74, 6) is 0.639. The van der Waals surface area contributed by atoms with Crippen LogP contribution in [-0.4, -0.2) is 29.2 Å². The van der Waals surface area contributed by atoms with Crippen molar-refractivity contribution in [3.05, 3.63) is 35.9 Å². The number of benzene rings is 1. The molecule has 4 nitrogen and oxygen atoms in total. The standard InChI is InChI=1S/C13H18N2O2/c16-13(14-17)15-8-6-12(7-9-15)10-11-4-2-1-3-5-11/h1-5,12,17H,6-10H2,(H,14,16). The zero-order valence-electron chi connectivity index (χ0n) is 9.80. The molecule has 1 fully saturated rings. The molecular weight excluding hydrogens is 216 g/mol. The summed E-state index contributed by atoms with van der Waals surface area (Å²) in [4.78, 5) is 12.9. The Balaban J connectivity index is 1.82. The summed E-state index contributed by atoms with van der Waals surface area (Å²) in [6.07, 6.45) is 3.08. The van der Waals surface area contributed by atoms with E-state index in [9.17, 15) is 4.79 Å². The van der Waals surface area contributed by atoms with Crippen LogP contribution in [0.15, 0.2) is 30.3 Å². The fourth-order valence-corrected chi connectivity index (χ4v) is 2.36. The summed E-state index contributed by atoms with van der Waals surface area (Å²) in [6, 6.07) is 10.0. The molecule has 4 heteroatoms. The van der Waals surface area contributed by atoms with Gasteiger partial charge in [-0.25, -0.2) is 10.3 Å². The summed E-state index contributed by atoms with van der Waals surface area (Å²) in [5.41, 5.74) is 3.05. The van der Waals surface area contributed by atoms with Gasteiger partial charge >= 0.3 is 6.03 Å². The van der Waals surface area contributed by atoms with E-state index in [0.29, 0.717) is 5.92 Å². The van der Waals surface area contributed by atoms with Gasteiger partial charge < -0.3 is 4.90 Å². The molecule has 0 radical (unpaired) electrons. The largest absolute Gasteiger partial charge is 0.341 e. The van der Waals surface area contributed by atoms with E-state index in [-0.39, 0.29) is 6.03 Å². The van der Waals surface area contributed by atoms with Crippen LogP contribution in [0.5, 0.6) is 0 Å². The lowest BCUT2D eigenvalue weighted by molar-refractivity contribution is 0.115. The molecule has 17 heavy (non-hydrogen) atoms. The van der Waals surface area contributed by atoms with Gasteiger partial charge in [-0.2, -0.15) is 0 Å². The fourth-order valence-electron chi connectivity index (χ4n) is 2.36. The molecule has 1 aromatic rings. The van der Waals surface area contributed by atoms with E-state index in [2.05, 4.69) is 24.3 Å². The van der Waals surface area contributed by atoms with Crippen molar-refractivity contribution in [2.75, 3.05) is 13.1 Å². The van der Waals surface area contributed by atoms with Crippen LogP contribution in [0.1, 0.15) is 18.4 Å². The predicted molar refractivity (Wildman–Crippen MR) is 64.8 cm³/mol. The normalized spacial score (nSPS) is 16.9. The van der Waals surface area contributed by atoms with Gasteiger partial charge in [0.05, 0.1) is 0 Å². The van der Waals surface area contributed by atoms with Crippen molar-refractivity contribution in [3.63, 3.8) is 0 Å². The number of amides is 2. The minimum Gasteiger partial charge on any atom is -0.323 e. The first-order valence-corrected chi connectivity index (χ1v) is 6.02. The minimum absolute atomic E-state index is 0.386. The number of piperidine rings is 1. The van der Waals surface area contributed by atoms with Crippen LogP contribution in [0.4, 0.5) is 4.79 Å². The molecule has 2 rings (SSSR count). The number of rotatable bonds is 2. The van der Waals surface area contributed by atoms with Gasteiger partial charge in [-0.3, -0.25) is 5.21 Å². The third-order valence-corrected chi connectivity index (χ3v) is 3.36. The highest BCUT2D eigenvalue weighted by atomic mass is 16.5. The van der Waals surface area contributed by atoms with E-state index in [1.54, 1.807) is 10.4 Å². The predicted octanol–water partition coefficient (Wildman–Crippen LogP) is 2.04. The molecule has 1 aromatic carbocycles. The Labute approximate surface area is 101 Å². The third kappa shape index (κ3) is 3.20. The molecule has 1 saturated heterocycles. The molecule has 0 spiro atoms. The van der Waals surface area contributed by atoms with Crippen molar-refractivity contribution in [1.29, 1.82) is 0 Å². The first kappa shape index (κ1) is 11.9. The summed E-state index contributed by atoms with van der Waals surface area (Å²) < 4.78 is 0. The zero-order chi connectivity index (χ0) is 12.1. The summed E-state index contributed by atoms with van der Waals surface area (Å²) in [7, 11) is 0. The Morgan fingerprint density at radius 2 is 1.94 bits per heavy atom. The molecule has 0 atom stereocenters. The molecule has 92 valence electrons. The van der Waals surface area contributed by atoms with Crippen molar-refractivity contribution in [3.8, 4) is 0 Å². The Morgan fingerprint density at radius 1 is 1.29 bits per heavy atom. The zero-order valence-corrected chi connectivity index (χ0v) is 9.80. The van der Waals surface area contributed by atoms with Gasteiger partial charge in [0.25, 0.3) is 0 Å². The van der Waals surface area contributed by atoms with Crippen LogP contribution < -0.4 is 5.48 Å². The van der Waals surface area contributed by atoms with Gasteiger partial charge in [0.1, 0.15) is 0 Å². The smallest absolute Gasteiger partial charge is 0.323 e. The Morgan fingerprint density at radius 3 is 2.53 bits per heavy atom. The van der Waals surface area contributed by atoms with Crippen molar-refractivity contribution in [2.24, 2.45) is 5.92 Å². The molecule has 1 heterocycles. The Bertz CT molecular complexity index is 359. The van der Waals surface area contributed by atoms with E-state index < -0.39 is 0 Å². The Hall–Kier alpha value is -1.55. The maximum absolute atomic E-state index is 11.2. The van der Waals surface area contributed by atoms with Crippen LogP contribution in [0.25, 0.3) is 0 Å². The molecular formula is C13H18N2O2. The number of hydroxylamine groups is 1. The molecule has 0 unspecified atom stereocenters. The van der Waals surface area contributed by atoms with Gasteiger partial charge in [0, 0.05) is 13.1 Å². The first-order valence-electron chi connectivity index (χ1n) is 6.02. The maximum Gasteiger partial charge on any atom is 0.341 e. The molecule has 2 N–H and O–H groups in total. The number of carbonyl (C=O) groups is 1. The lowest BCUT2D eigenvalue weighted by atomic mass is 9.90. The molecule has 0 saturated carbocycles. The number of hydrogen-bond donors (Lipinski definition) is 2. The van der Waals surface area contributed by atoms with E-state index in [4.69, 9.17) is 5.21 Å². The number of nitrogens with zero attached hydrogens (tertiary/aromatic N) is 1. The second kappa shape index (κ2) is 5.68. The van der Waals surface area contributed by atoms with Gasteiger partial charge in [-0.15, -0.1) is 0 Å². The van der Waals surface area contributed by atoms with Crippen molar-refractivity contribution in [2.45, 2.75) is 19.3 Å². The van der Waals surface area contributed by atoms with Crippen LogP contribution in [-0.2, 0) is 6.42 Å². The molecule has 2 amide bonds. The van der Waals surface area contributed by atoms with E-state index in [1.165, 1.54) is 5.56 Å². The molecule has 1 aliphatic heterocycles. The van der Waals surface area contributed by atoms with Crippen LogP contribution in [0.2, 0.25) is 0 Å². The number of likely N-dealkylation sites (tertiary alicyclic amines) is 1.